The van der Waals surface area contributed by atoms with Gasteiger partial charge >= 0.3 is 0 Å². The summed E-state index contributed by atoms with van der Waals surface area (Å²) in [4.78, 5) is 24.8. The van der Waals surface area contributed by atoms with E-state index in [4.69, 9.17) is 9.47 Å². The maximum atomic E-state index is 11.8. The molecule has 0 aliphatic rings. The molecule has 1 N–H and O–H groups in total. The zero-order valence-corrected chi connectivity index (χ0v) is 14.7. The molecule has 0 unspecified atom stereocenters. The Morgan fingerprint density at radius 2 is 1.71 bits per heavy atom. The van der Waals surface area contributed by atoms with Crippen LogP contribution < -0.4 is 14.8 Å². The number of hydrogen-bond donors (Lipinski definition) is 1. The van der Waals surface area contributed by atoms with Gasteiger partial charge < -0.3 is 14.8 Å². The van der Waals surface area contributed by atoms with Gasteiger partial charge in [-0.15, -0.1) is 11.3 Å². The second-order valence-electron chi connectivity index (χ2n) is 5.12. The third-order valence-corrected chi connectivity index (χ3v) is 4.45. The van der Waals surface area contributed by atoms with E-state index in [9.17, 15) is 9.59 Å². The Balaban J connectivity index is 1.68. The summed E-state index contributed by atoms with van der Waals surface area (Å²) in [7, 11) is 0. The highest BCUT2D eigenvalue weighted by atomic mass is 32.1. The molecular formula is C18H21NO4S. The van der Waals surface area contributed by atoms with Gasteiger partial charge in [0.05, 0.1) is 11.5 Å². The van der Waals surface area contributed by atoms with Crippen LogP contribution in [-0.4, -0.2) is 31.4 Å². The quantitative estimate of drug-likeness (QED) is 0.708. The van der Waals surface area contributed by atoms with Gasteiger partial charge in [-0.2, -0.15) is 0 Å². The molecule has 1 aromatic heterocycles. The van der Waals surface area contributed by atoms with Gasteiger partial charge in [0.2, 0.25) is 0 Å². The lowest BCUT2D eigenvalue weighted by molar-refractivity contribution is -0.123. The fourth-order valence-corrected chi connectivity index (χ4v) is 2.93. The lowest BCUT2D eigenvalue weighted by Crippen LogP contribution is -2.30. The maximum Gasteiger partial charge on any atom is 0.257 e. The summed E-state index contributed by atoms with van der Waals surface area (Å²) in [5.41, 5.74) is 0. The largest absolute Gasteiger partial charge is 0.494 e. The minimum Gasteiger partial charge on any atom is -0.494 e. The molecule has 0 bridgehead atoms. The van der Waals surface area contributed by atoms with Crippen molar-refractivity contribution in [2.24, 2.45) is 0 Å². The predicted molar refractivity (Wildman–Crippen MR) is 94.1 cm³/mol. The molecule has 2 rings (SSSR count). The molecule has 0 saturated carbocycles. The molecule has 0 spiro atoms. The van der Waals surface area contributed by atoms with Crippen LogP contribution in [0.25, 0.3) is 0 Å². The monoisotopic (exact) mass is 347 g/mol. The van der Waals surface area contributed by atoms with Crippen LogP contribution >= 0.6 is 11.3 Å². The van der Waals surface area contributed by atoms with Crippen LogP contribution in [0.15, 0.2) is 36.4 Å². The van der Waals surface area contributed by atoms with Crippen molar-refractivity contribution >= 4 is 23.0 Å². The Morgan fingerprint density at radius 1 is 1.04 bits per heavy atom. The normalized spacial score (nSPS) is 10.2. The van der Waals surface area contributed by atoms with E-state index in [2.05, 4.69) is 5.32 Å². The average molecular weight is 347 g/mol. The van der Waals surface area contributed by atoms with Crippen molar-refractivity contribution in [1.29, 1.82) is 0 Å². The second kappa shape index (κ2) is 9.08. The van der Waals surface area contributed by atoms with Gasteiger partial charge in [-0.25, -0.2) is 0 Å². The third-order valence-electron chi connectivity index (χ3n) is 3.21. The topological polar surface area (TPSA) is 64.6 Å². The zero-order chi connectivity index (χ0) is 17.4. The van der Waals surface area contributed by atoms with Crippen LogP contribution in [0.1, 0.15) is 28.4 Å². The number of carbonyl (C=O) groups excluding carboxylic acids is 2. The molecular weight excluding hydrogens is 326 g/mol. The van der Waals surface area contributed by atoms with Crippen molar-refractivity contribution in [3.63, 3.8) is 0 Å². The molecule has 1 heterocycles. The van der Waals surface area contributed by atoms with E-state index >= 15 is 0 Å². The number of rotatable bonds is 9. The fraction of sp³-hybridized carbons (Fsp3) is 0.333. The number of benzene rings is 1. The van der Waals surface area contributed by atoms with Crippen molar-refractivity contribution in [2.75, 3.05) is 19.8 Å². The summed E-state index contributed by atoms with van der Waals surface area (Å²) >= 11 is 1.46. The van der Waals surface area contributed by atoms with E-state index < -0.39 is 0 Å². The average Bonchev–Trinajstić information content (AvgIpc) is 3.04. The van der Waals surface area contributed by atoms with Crippen LogP contribution in [0.2, 0.25) is 0 Å². The van der Waals surface area contributed by atoms with E-state index in [0.717, 1.165) is 15.5 Å². The van der Waals surface area contributed by atoms with Gasteiger partial charge in [-0.1, -0.05) is 0 Å². The number of hydrogen-bond acceptors (Lipinski definition) is 5. The highest BCUT2D eigenvalue weighted by molar-refractivity contribution is 7.14. The Kier molecular flexibility index (Phi) is 6.81. The summed E-state index contributed by atoms with van der Waals surface area (Å²) in [5, 5.41) is 2.80. The van der Waals surface area contributed by atoms with Gasteiger partial charge in [0.15, 0.2) is 12.4 Å². The van der Waals surface area contributed by atoms with Gasteiger partial charge in [0.1, 0.15) is 11.5 Å². The van der Waals surface area contributed by atoms with Crippen molar-refractivity contribution in [2.45, 2.75) is 20.3 Å². The molecule has 0 aliphatic carbocycles. The molecule has 1 aromatic carbocycles. The predicted octanol–water partition coefficient (Wildman–Crippen LogP) is 3.09. The summed E-state index contributed by atoms with van der Waals surface area (Å²) in [5.74, 6) is 1.29. The summed E-state index contributed by atoms with van der Waals surface area (Å²) < 4.78 is 10.8. The lowest BCUT2D eigenvalue weighted by atomic mass is 10.3. The first-order valence-electron chi connectivity index (χ1n) is 7.80. The molecule has 2 aromatic rings. The number of ether oxygens (including phenoxy) is 2. The number of ketones is 1. The zero-order valence-electron chi connectivity index (χ0n) is 13.8. The highest BCUT2D eigenvalue weighted by Gasteiger charge is 2.06. The summed E-state index contributed by atoms with van der Waals surface area (Å²) in [6.07, 6.45) is 0.701. The van der Waals surface area contributed by atoms with Crippen LogP contribution in [0.4, 0.5) is 0 Å². The lowest BCUT2D eigenvalue weighted by Gasteiger charge is -2.08. The van der Waals surface area contributed by atoms with Crippen LogP contribution in [0.5, 0.6) is 11.5 Å². The standard InChI is InChI=1S/C18H21NO4S/c1-3-22-14-4-6-15(7-5-14)23-12-18(21)19-11-10-16-8-9-17(24-16)13(2)20/h4-9H,3,10-12H2,1-2H3,(H,19,21). The summed E-state index contributed by atoms with van der Waals surface area (Å²) in [6, 6.07) is 10.9. The Labute approximate surface area is 145 Å². The smallest absolute Gasteiger partial charge is 0.257 e. The fourth-order valence-electron chi connectivity index (χ4n) is 2.03. The maximum absolute atomic E-state index is 11.8. The Hall–Kier alpha value is -2.34. The van der Waals surface area contributed by atoms with Gasteiger partial charge in [-0.05, 0) is 56.7 Å². The van der Waals surface area contributed by atoms with Gasteiger partial charge in [-0.3, -0.25) is 9.59 Å². The van der Waals surface area contributed by atoms with Crippen LogP contribution in [0, 0.1) is 0 Å². The molecule has 0 aliphatic heterocycles. The SMILES string of the molecule is CCOc1ccc(OCC(=O)NCCc2ccc(C(C)=O)s2)cc1. The molecule has 6 heteroatoms. The third kappa shape index (κ3) is 5.70. The van der Waals surface area contributed by atoms with E-state index in [-0.39, 0.29) is 18.3 Å². The van der Waals surface area contributed by atoms with Gasteiger partial charge in [0.25, 0.3) is 5.91 Å². The summed E-state index contributed by atoms with van der Waals surface area (Å²) in [6.45, 7) is 4.57. The molecule has 0 fully saturated rings. The van der Waals surface area contributed by atoms with Gasteiger partial charge in [0, 0.05) is 11.4 Å². The second-order valence-corrected chi connectivity index (χ2v) is 6.28. The van der Waals surface area contributed by atoms with Crippen LogP contribution in [0.3, 0.4) is 0 Å². The first-order chi connectivity index (χ1) is 11.6. The molecule has 0 saturated heterocycles. The Bertz CT molecular complexity index is 679. The minimum atomic E-state index is -0.174. The molecule has 0 atom stereocenters. The molecule has 1 amide bonds. The minimum absolute atomic E-state index is 0.0306. The van der Waals surface area contributed by atoms with E-state index in [1.54, 1.807) is 31.2 Å². The molecule has 5 nitrogen and oxygen atoms in total. The van der Waals surface area contributed by atoms with Crippen molar-refractivity contribution in [3.8, 4) is 11.5 Å². The Morgan fingerprint density at radius 3 is 2.29 bits per heavy atom. The number of Topliss-reactive ketones (excluding diaryl/α,β-unsaturated/α-hetero) is 1. The number of amides is 1. The first kappa shape index (κ1) is 18.0. The molecule has 24 heavy (non-hydrogen) atoms. The highest BCUT2D eigenvalue weighted by Crippen LogP contribution is 2.18. The number of nitrogens with one attached hydrogen (secondary N) is 1. The first-order valence-corrected chi connectivity index (χ1v) is 8.62. The van der Waals surface area contributed by atoms with Crippen LogP contribution in [-0.2, 0) is 11.2 Å². The van der Waals surface area contributed by atoms with E-state index in [1.807, 2.05) is 19.1 Å². The number of thiophene rings is 1. The van der Waals surface area contributed by atoms with E-state index in [0.29, 0.717) is 25.3 Å². The molecule has 0 radical (unpaired) electrons. The number of carbonyl (C=O) groups is 2. The van der Waals surface area contributed by atoms with Crippen molar-refractivity contribution in [3.05, 3.63) is 46.2 Å². The van der Waals surface area contributed by atoms with Crippen molar-refractivity contribution < 1.29 is 19.1 Å². The van der Waals surface area contributed by atoms with Crippen molar-refractivity contribution in [1.82, 2.24) is 5.32 Å². The molecule has 128 valence electrons. The van der Waals surface area contributed by atoms with E-state index in [1.165, 1.54) is 11.3 Å².